The Labute approximate surface area is 118 Å². The minimum atomic E-state index is -0.0529. The largest absolute Gasteiger partial charge is 0.292 e. The highest BCUT2D eigenvalue weighted by Gasteiger charge is 2.12. The Morgan fingerprint density at radius 2 is 1.89 bits per heavy atom. The fourth-order valence-electron chi connectivity index (χ4n) is 1.88. The third-order valence-corrected chi connectivity index (χ3v) is 3.34. The van der Waals surface area contributed by atoms with Crippen molar-refractivity contribution in [1.29, 1.82) is 0 Å². The average Bonchev–Trinajstić information content (AvgIpc) is 2.39. The Morgan fingerprint density at radius 1 is 1.21 bits per heavy atom. The fraction of sp³-hybridized carbons (Fsp3) is 0.250. The monoisotopic (exact) mass is 273 g/mol. The Balaban J connectivity index is 2.13. The molecule has 0 saturated carbocycles. The van der Waals surface area contributed by atoms with Crippen molar-refractivity contribution in [2.75, 3.05) is 0 Å². The molecule has 98 valence electrons. The molecule has 0 N–H and O–H groups in total. The lowest BCUT2D eigenvalue weighted by atomic mass is 9.99. The van der Waals surface area contributed by atoms with Crippen molar-refractivity contribution in [3.63, 3.8) is 0 Å². The third kappa shape index (κ3) is 3.42. The first-order valence-electron chi connectivity index (χ1n) is 6.30. The number of carbonyl (C=O) groups excluding carboxylic acids is 1. The molecule has 0 unspecified atom stereocenters. The average molecular weight is 274 g/mol. The summed E-state index contributed by atoms with van der Waals surface area (Å²) >= 11 is 5.97. The summed E-state index contributed by atoms with van der Waals surface area (Å²) in [6.07, 6.45) is 1.91. The molecule has 19 heavy (non-hydrogen) atoms. The van der Waals surface area contributed by atoms with E-state index in [2.05, 4.69) is 31.0 Å². The van der Waals surface area contributed by atoms with E-state index in [1.165, 1.54) is 5.56 Å². The van der Waals surface area contributed by atoms with E-state index < -0.39 is 0 Å². The van der Waals surface area contributed by atoms with Gasteiger partial charge in [-0.2, -0.15) is 0 Å². The predicted octanol–water partition coefficient (Wildman–Crippen LogP) is 4.28. The number of carbonyl (C=O) groups is 1. The van der Waals surface area contributed by atoms with Crippen LogP contribution in [0.25, 0.3) is 0 Å². The van der Waals surface area contributed by atoms with Crippen LogP contribution in [-0.4, -0.2) is 10.8 Å². The number of pyridine rings is 1. The third-order valence-electron chi connectivity index (χ3n) is 3.03. The van der Waals surface area contributed by atoms with E-state index in [-0.39, 0.29) is 5.78 Å². The van der Waals surface area contributed by atoms with Crippen molar-refractivity contribution in [3.8, 4) is 0 Å². The topological polar surface area (TPSA) is 30.0 Å². The SMILES string of the molecule is CC(C)c1ccc(CC(=O)c2ncccc2Cl)cc1. The van der Waals surface area contributed by atoms with E-state index in [4.69, 9.17) is 11.6 Å². The molecule has 0 aliphatic heterocycles. The molecule has 3 heteroatoms. The number of halogens is 1. The second kappa shape index (κ2) is 5.98. The van der Waals surface area contributed by atoms with E-state index in [9.17, 15) is 4.79 Å². The Hall–Kier alpha value is -1.67. The van der Waals surface area contributed by atoms with Crippen molar-refractivity contribution in [2.45, 2.75) is 26.2 Å². The lowest BCUT2D eigenvalue weighted by molar-refractivity contribution is 0.0988. The van der Waals surface area contributed by atoms with Gasteiger partial charge in [0.15, 0.2) is 5.78 Å². The summed E-state index contributed by atoms with van der Waals surface area (Å²) < 4.78 is 0. The molecule has 1 aromatic carbocycles. The first-order chi connectivity index (χ1) is 9.08. The first-order valence-corrected chi connectivity index (χ1v) is 6.68. The minimum Gasteiger partial charge on any atom is -0.292 e. The highest BCUT2D eigenvalue weighted by Crippen LogP contribution is 2.17. The molecule has 0 spiro atoms. The highest BCUT2D eigenvalue weighted by atomic mass is 35.5. The predicted molar refractivity (Wildman–Crippen MR) is 77.8 cm³/mol. The summed E-state index contributed by atoms with van der Waals surface area (Å²) in [5.74, 6) is 0.442. The molecular formula is C16H16ClNO. The Kier molecular flexibility index (Phi) is 4.33. The van der Waals surface area contributed by atoms with Crippen LogP contribution in [0.15, 0.2) is 42.6 Å². The van der Waals surface area contributed by atoms with E-state index in [1.54, 1.807) is 18.3 Å². The van der Waals surface area contributed by atoms with Crippen LogP contribution in [0.5, 0.6) is 0 Å². The number of aromatic nitrogens is 1. The summed E-state index contributed by atoms with van der Waals surface area (Å²) in [4.78, 5) is 16.1. The summed E-state index contributed by atoms with van der Waals surface area (Å²) in [7, 11) is 0. The molecule has 0 radical (unpaired) electrons. The lowest BCUT2D eigenvalue weighted by Gasteiger charge is -2.07. The molecule has 1 heterocycles. The quantitative estimate of drug-likeness (QED) is 0.778. The van der Waals surface area contributed by atoms with Crippen LogP contribution in [0, 0.1) is 0 Å². The second-order valence-corrected chi connectivity index (χ2v) is 5.24. The molecule has 0 bridgehead atoms. The number of rotatable bonds is 4. The molecular weight excluding hydrogens is 258 g/mol. The van der Waals surface area contributed by atoms with Crippen molar-refractivity contribution in [1.82, 2.24) is 4.98 Å². The number of benzene rings is 1. The maximum absolute atomic E-state index is 12.1. The maximum atomic E-state index is 12.1. The van der Waals surface area contributed by atoms with Crippen LogP contribution in [0.4, 0.5) is 0 Å². The molecule has 0 saturated heterocycles. The van der Waals surface area contributed by atoms with Crippen molar-refractivity contribution >= 4 is 17.4 Å². The summed E-state index contributed by atoms with van der Waals surface area (Å²) in [6.45, 7) is 4.29. The smallest absolute Gasteiger partial charge is 0.187 e. The van der Waals surface area contributed by atoms with Gasteiger partial charge in [0.1, 0.15) is 5.69 Å². The molecule has 0 aliphatic rings. The van der Waals surface area contributed by atoms with Gasteiger partial charge in [0, 0.05) is 12.6 Å². The molecule has 2 rings (SSSR count). The number of hydrogen-bond donors (Lipinski definition) is 0. The van der Waals surface area contributed by atoms with Crippen molar-refractivity contribution < 1.29 is 4.79 Å². The van der Waals surface area contributed by atoms with Crippen LogP contribution < -0.4 is 0 Å². The van der Waals surface area contributed by atoms with Gasteiger partial charge < -0.3 is 0 Å². The maximum Gasteiger partial charge on any atom is 0.187 e. The second-order valence-electron chi connectivity index (χ2n) is 4.83. The van der Waals surface area contributed by atoms with Gasteiger partial charge in [0.2, 0.25) is 0 Å². The van der Waals surface area contributed by atoms with Gasteiger partial charge in [-0.3, -0.25) is 9.78 Å². The molecule has 1 aromatic heterocycles. The van der Waals surface area contributed by atoms with Crippen molar-refractivity contribution in [3.05, 3.63) is 64.4 Å². The summed E-state index contributed by atoms with van der Waals surface area (Å²) in [5, 5.41) is 0.409. The van der Waals surface area contributed by atoms with E-state index in [0.717, 1.165) is 5.56 Å². The number of ketones is 1. The minimum absolute atomic E-state index is 0.0529. The molecule has 0 fully saturated rings. The molecule has 2 aromatic rings. The number of nitrogens with zero attached hydrogens (tertiary/aromatic N) is 1. The van der Waals surface area contributed by atoms with Gasteiger partial charge in [-0.15, -0.1) is 0 Å². The summed E-state index contributed by atoms with van der Waals surface area (Å²) in [6, 6.07) is 11.5. The van der Waals surface area contributed by atoms with Crippen LogP contribution >= 0.6 is 11.6 Å². The zero-order valence-corrected chi connectivity index (χ0v) is 11.8. The van der Waals surface area contributed by atoms with Gasteiger partial charge in [0.05, 0.1) is 5.02 Å². The molecule has 0 aliphatic carbocycles. The number of Topliss-reactive ketones (excluding diaryl/α,β-unsaturated/α-hetero) is 1. The normalized spacial score (nSPS) is 10.7. The van der Waals surface area contributed by atoms with Gasteiger partial charge in [-0.25, -0.2) is 0 Å². The van der Waals surface area contributed by atoms with Crippen LogP contribution in [0.3, 0.4) is 0 Å². The van der Waals surface area contributed by atoms with Gasteiger partial charge >= 0.3 is 0 Å². The van der Waals surface area contributed by atoms with Crippen LogP contribution in [0.1, 0.15) is 41.4 Å². The lowest BCUT2D eigenvalue weighted by Crippen LogP contribution is -2.06. The number of hydrogen-bond acceptors (Lipinski definition) is 2. The van der Waals surface area contributed by atoms with E-state index in [0.29, 0.717) is 23.1 Å². The van der Waals surface area contributed by atoms with E-state index in [1.807, 2.05) is 12.1 Å². The standard InChI is InChI=1S/C16H16ClNO/c1-11(2)13-7-5-12(6-8-13)10-15(19)16-14(17)4-3-9-18-16/h3-9,11H,10H2,1-2H3. The zero-order valence-electron chi connectivity index (χ0n) is 11.1. The Morgan fingerprint density at radius 3 is 2.47 bits per heavy atom. The Bertz CT molecular complexity index is 576. The van der Waals surface area contributed by atoms with E-state index >= 15 is 0 Å². The van der Waals surface area contributed by atoms with Gasteiger partial charge in [-0.05, 0) is 29.2 Å². The van der Waals surface area contributed by atoms with Crippen LogP contribution in [-0.2, 0) is 6.42 Å². The van der Waals surface area contributed by atoms with Gasteiger partial charge in [-0.1, -0.05) is 49.7 Å². The fourth-order valence-corrected chi connectivity index (χ4v) is 2.11. The first kappa shape index (κ1) is 13.8. The van der Waals surface area contributed by atoms with Crippen LogP contribution in [0.2, 0.25) is 5.02 Å². The highest BCUT2D eigenvalue weighted by molar-refractivity contribution is 6.33. The zero-order chi connectivity index (χ0) is 13.8. The van der Waals surface area contributed by atoms with Crippen molar-refractivity contribution in [2.24, 2.45) is 0 Å². The molecule has 0 amide bonds. The van der Waals surface area contributed by atoms with Gasteiger partial charge in [0.25, 0.3) is 0 Å². The molecule has 2 nitrogen and oxygen atoms in total. The molecule has 0 atom stereocenters. The summed E-state index contributed by atoms with van der Waals surface area (Å²) in [5.41, 5.74) is 2.60.